The lowest BCUT2D eigenvalue weighted by Gasteiger charge is -1.85. The Morgan fingerprint density at radius 3 is 3.00 bits per heavy atom. The fourth-order valence-electron chi connectivity index (χ4n) is 1.07. The van der Waals surface area contributed by atoms with Crippen molar-refractivity contribution < 1.29 is 4.21 Å². The number of para-hydroxylation sites is 1. The van der Waals surface area contributed by atoms with E-state index in [1.54, 1.807) is 0 Å². The molecule has 0 saturated heterocycles. The minimum absolute atomic E-state index is 0.0137. The maximum atomic E-state index is 11.5. The van der Waals surface area contributed by atoms with Crippen molar-refractivity contribution in [3.8, 4) is 6.07 Å². The molecule has 0 N–H and O–H groups in total. The molecular formula is C9H6N2OS2. The van der Waals surface area contributed by atoms with Gasteiger partial charge in [-0.1, -0.05) is 12.1 Å². The SMILES string of the molecule is N#CC[S@@](=O)c1nc2ccccc2s1. The van der Waals surface area contributed by atoms with Gasteiger partial charge in [0, 0.05) is 0 Å². The van der Waals surface area contributed by atoms with Crippen LogP contribution in [0.2, 0.25) is 0 Å². The minimum atomic E-state index is -1.27. The first kappa shape index (κ1) is 9.31. The molecule has 1 atom stereocenters. The van der Waals surface area contributed by atoms with Crippen LogP contribution in [0.1, 0.15) is 0 Å². The Balaban J connectivity index is 2.46. The molecule has 3 nitrogen and oxygen atoms in total. The summed E-state index contributed by atoms with van der Waals surface area (Å²) in [7, 11) is -1.27. The highest BCUT2D eigenvalue weighted by Gasteiger charge is 2.09. The zero-order chi connectivity index (χ0) is 9.97. The zero-order valence-electron chi connectivity index (χ0n) is 7.14. The van der Waals surface area contributed by atoms with Crippen LogP contribution in [-0.4, -0.2) is 14.9 Å². The van der Waals surface area contributed by atoms with Gasteiger partial charge in [0.05, 0.1) is 27.1 Å². The monoisotopic (exact) mass is 222 g/mol. The Labute approximate surface area is 87.5 Å². The normalized spacial score (nSPS) is 12.5. The number of fused-ring (bicyclic) bond motifs is 1. The van der Waals surface area contributed by atoms with Crippen molar-refractivity contribution in [1.82, 2.24) is 4.98 Å². The molecule has 0 radical (unpaired) electrons. The van der Waals surface area contributed by atoms with Crippen LogP contribution < -0.4 is 0 Å². The number of hydrogen-bond acceptors (Lipinski definition) is 4. The van der Waals surface area contributed by atoms with E-state index in [9.17, 15) is 4.21 Å². The Morgan fingerprint density at radius 2 is 2.29 bits per heavy atom. The fourth-order valence-corrected chi connectivity index (χ4v) is 3.02. The van der Waals surface area contributed by atoms with Gasteiger partial charge in [0.2, 0.25) is 0 Å². The van der Waals surface area contributed by atoms with Crippen LogP contribution in [0.15, 0.2) is 28.6 Å². The molecule has 0 aliphatic rings. The lowest BCUT2D eigenvalue weighted by Crippen LogP contribution is -1.93. The van der Waals surface area contributed by atoms with E-state index < -0.39 is 10.8 Å². The van der Waals surface area contributed by atoms with Gasteiger partial charge in [0.1, 0.15) is 5.75 Å². The minimum Gasteiger partial charge on any atom is -0.251 e. The quantitative estimate of drug-likeness (QED) is 0.780. The molecule has 0 aliphatic carbocycles. The topological polar surface area (TPSA) is 53.8 Å². The van der Waals surface area contributed by atoms with Crippen LogP contribution in [-0.2, 0) is 10.8 Å². The number of thiazole rings is 1. The van der Waals surface area contributed by atoms with Crippen LogP contribution >= 0.6 is 11.3 Å². The van der Waals surface area contributed by atoms with Crippen LogP contribution in [0.5, 0.6) is 0 Å². The maximum Gasteiger partial charge on any atom is 0.182 e. The van der Waals surface area contributed by atoms with Crippen LogP contribution in [0, 0.1) is 11.3 Å². The van der Waals surface area contributed by atoms with E-state index in [0.717, 1.165) is 10.2 Å². The third-order valence-electron chi connectivity index (χ3n) is 1.66. The predicted octanol–water partition coefficient (Wildman–Crippen LogP) is 1.93. The summed E-state index contributed by atoms with van der Waals surface area (Å²) >= 11 is 1.38. The molecule has 0 unspecified atom stereocenters. The van der Waals surface area contributed by atoms with Crippen LogP contribution in [0.3, 0.4) is 0 Å². The molecule has 0 aliphatic heterocycles. The van der Waals surface area contributed by atoms with Crippen molar-refractivity contribution in [2.24, 2.45) is 0 Å². The van der Waals surface area contributed by atoms with Crippen LogP contribution in [0.25, 0.3) is 10.2 Å². The second kappa shape index (κ2) is 3.86. The van der Waals surface area contributed by atoms with Crippen LogP contribution in [0.4, 0.5) is 0 Å². The summed E-state index contributed by atoms with van der Waals surface area (Å²) in [5.74, 6) is 0.0137. The number of nitriles is 1. The summed E-state index contributed by atoms with van der Waals surface area (Å²) in [4.78, 5) is 4.20. The Kier molecular flexibility index (Phi) is 2.57. The van der Waals surface area contributed by atoms with Crippen molar-refractivity contribution in [3.63, 3.8) is 0 Å². The summed E-state index contributed by atoms with van der Waals surface area (Å²) in [5.41, 5.74) is 0.846. The van der Waals surface area contributed by atoms with Crippen molar-refractivity contribution in [2.45, 2.75) is 4.34 Å². The molecule has 1 aromatic carbocycles. The fraction of sp³-hybridized carbons (Fsp3) is 0.111. The third kappa shape index (κ3) is 1.67. The van der Waals surface area contributed by atoms with Gasteiger partial charge < -0.3 is 0 Å². The first-order chi connectivity index (χ1) is 6.81. The van der Waals surface area contributed by atoms with E-state index in [-0.39, 0.29) is 5.75 Å². The number of hydrogen-bond donors (Lipinski definition) is 0. The van der Waals surface area contributed by atoms with Gasteiger partial charge in [-0.05, 0) is 12.1 Å². The lowest BCUT2D eigenvalue weighted by molar-refractivity contribution is 0.685. The summed E-state index contributed by atoms with van der Waals surface area (Å²) in [6, 6.07) is 9.48. The smallest absolute Gasteiger partial charge is 0.182 e. The van der Waals surface area contributed by atoms with E-state index in [0.29, 0.717) is 4.34 Å². The molecular weight excluding hydrogens is 216 g/mol. The van der Waals surface area contributed by atoms with E-state index >= 15 is 0 Å². The summed E-state index contributed by atoms with van der Waals surface area (Å²) in [6.07, 6.45) is 0. The summed E-state index contributed by atoms with van der Waals surface area (Å²) < 4.78 is 13.0. The van der Waals surface area contributed by atoms with E-state index in [1.165, 1.54) is 11.3 Å². The number of rotatable bonds is 2. The zero-order valence-corrected chi connectivity index (χ0v) is 8.77. The molecule has 1 heterocycles. The van der Waals surface area contributed by atoms with Gasteiger partial charge in [0.15, 0.2) is 4.34 Å². The second-order valence-corrected chi connectivity index (χ2v) is 5.25. The molecule has 0 bridgehead atoms. The van der Waals surface area contributed by atoms with Crippen molar-refractivity contribution >= 4 is 32.4 Å². The second-order valence-electron chi connectivity index (χ2n) is 2.60. The Bertz CT molecular complexity index is 494. The molecule has 5 heteroatoms. The summed E-state index contributed by atoms with van der Waals surface area (Å²) in [6.45, 7) is 0. The Hall–Kier alpha value is -1.25. The first-order valence-corrected chi connectivity index (χ1v) is 6.05. The van der Waals surface area contributed by atoms with E-state index in [1.807, 2.05) is 30.3 Å². The standard InChI is InChI=1S/C9H6N2OS2/c10-5-6-14(12)9-11-7-3-1-2-4-8(7)13-9/h1-4H,6H2/t14-/m1/s1. The average molecular weight is 222 g/mol. The number of benzene rings is 1. The molecule has 70 valence electrons. The van der Waals surface area contributed by atoms with Gasteiger partial charge in [-0.25, -0.2) is 4.98 Å². The van der Waals surface area contributed by atoms with E-state index in [2.05, 4.69) is 4.98 Å². The number of nitrogens with zero attached hydrogens (tertiary/aromatic N) is 2. The van der Waals surface area contributed by atoms with Gasteiger partial charge >= 0.3 is 0 Å². The van der Waals surface area contributed by atoms with Gasteiger partial charge in [-0.2, -0.15) is 5.26 Å². The average Bonchev–Trinajstić information content (AvgIpc) is 2.61. The third-order valence-corrected chi connectivity index (χ3v) is 4.18. The van der Waals surface area contributed by atoms with Gasteiger partial charge in [-0.15, -0.1) is 11.3 Å². The van der Waals surface area contributed by atoms with Crippen molar-refractivity contribution in [2.75, 3.05) is 5.75 Å². The maximum absolute atomic E-state index is 11.5. The molecule has 2 rings (SSSR count). The molecule has 0 spiro atoms. The molecule has 1 aromatic heterocycles. The van der Waals surface area contributed by atoms with Gasteiger partial charge in [-0.3, -0.25) is 4.21 Å². The first-order valence-electron chi connectivity index (χ1n) is 3.92. The highest BCUT2D eigenvalue weighted by Crippen LogP contribution is 2.23. The molecule has 0 saturated carbocycles. The Morgan fingerprint density at radius 1 is 1.50 bits per heavy atom. The number of aromatic nitrogens is 1. The lowest BCUT2D eigenvalue weighted by atomic mass is 10.3. The predicted molar refractivity (Wildman–Crippen MR) is 56.5 cm³/mol. The van der Waals surface area contributed by atoms with Gasteiger partial charge in [0.25, 0.3) is 0 Å². The van der Waals surface area contributed by atoms with Crippen molar-refractivity contribution in [1.29, 1.82) is 5.26 Å². The molecule has 0 amide bonds. The highest BCUT2D eigenvalue weighted by molar-refractivity contribution is 7.87. The molecule has 2 aromatic rings. The highest BCUT2D eigenvalue weighted by atomic mass is 32.2. The molecule has 14 heavy (non-hydrogen) atoms. The van der Waals surface area contributed by atoms with Crippen molar-refractivity contribution in [3.05, 3.63) is 24.3 Å². The molecule has 0 fully saturated rings. The summed E-state index contributed by atoms with van der Waals surface area (Å²) in [5, 5.41) is 8.41. The van der Waals surface area contributed by atoms with E-state index in [4.69, 9.17) is 5.26 Å². The largest absolute Gasteiger partial charge is 0.251 e.